The number of amides is 2. The number of hydrogen-bond acceptors (Lipinski definition) is 7. The molecule has 2 amide bonds. The van der Waals surface area contributed by atoms with E-state index in [1.165, 1.54) is 23.4 Å². The first-order chi connectivity index (χ1) is 15.7. The highest BCUT2D eigenvalue weighted by molar-refractivity contribution is 7.89. The molecule has 0 atom stereocenters. The first-order valence-electron chi connectivity index (χ1n) is 10.3. The minimum atomic E-state index is -3.70. The molecule has 172 valence electrons. The molecule has 1 aliphatic heterocycles. The number of benzene rings is 2. The third kappa shape index (κ3) is 4.94. The van der Waals surface area contributed by atoms with Crippen molar-refractivity contribution < 1.29 is 22.5 Å². The Bertz CT molecular complexity index is 1260. The predicted octanol–water partition coefficient (Wildman–Crippen LogP) is 2.15. The topological polar surface area (TPSA) is 126 Å². The molecule has 4 rings (SSSR count). The monoisotopic (exact) mass is 469 g/mol. The molecule has 11 heteroatoms. The van der Waals surface area contributed by atoms with Crippen LogP contribution in [0.3, 0.4) is 0 Å². The molecule has 1 saturated heterocycles. The second-order valence-electron chi connectivity index (χ2n) is 7.62. The maximum absolute atomic E-state index is 13.0. The van der Waals surface area contributed by atoms with E-state index in [0.29, 0.717) is 23.0 Å². The van der Waals surface area contributed by atoms with E-state index in [0.717, 1.165) is 5.56 Å². The fraction of sp³-hybridized carbons (Fsp3) is 0.273. The minimum Gasteiger partial charge on any atom is -0.339 e. The van der Waals surface area contributed by atoms with Crippen molar-refractivity contribution in [2.24, 2.45) is 0 Å². The average molecular weight is 470 g/mol. The number of nitrogens with one attached hydrogen (secondary N) is 1. The SMILES string of the molecule is CC(=O)Nc1ccc(S(=O)(=O)N2CCN(C(=O)c3ccc(-c4noc(C)n4)cc3)CC2)cc1. The van der Waals surface area contributed by atoms with Crippen LogP contribution in [0.15, 0.2) is 57.9 Å². The lowest BCUT2D eigenvalue weighted by Gasteiger charge is -2.34. The Labute approximate surface area is 191 Å². The normalized spacial score (nSPS) is 14.8. The van der Waals surface area contributed by atoms with Gasteiger partial charge in [-0.2, -0.15) is 9.29 Å². The smallest absolute Gasteiger partial charge is 0.253 e. The van der Waals surface area contributed by atoms with Crippen LogP contribution in [-0.4, -0.2) is 65.8 Å². The van der Waals surface area contributed by atoms with Crippen LogP contribution >= 0.6 is 0 Å². The molecule has 0 aliphatic carbocycles. The zero-order valence-corrected chi connectivity index (χ0v) is 19.0. The second kappa shape index (κ2) is 9.12. The lowest BCUT2D eigenvalue weighted by molar-refractivity contribution is -0.114. The van der Waals surface area contributed by atoms with Crippen LogP contribution < -0.4 is 5.32 Å². The van der Waals surface area contributed by atoms with Gasteiger partial charge in [0, 0.05) is 56.8 Å². The van der Waals surface area contributed by atoms with Gasteiger partial charge in [-0.05, 0) is 36.4 Å². The number of piperazine rings is 1. The molecular formula is C22H23N5O5S. The van der Waals surface area contributed by atoms with Gasteiger partial charge < -0.3 is 14.7 Å². The van der Waals surface area contributed by atoms with E-state index in [-0.39, 0.29) is 42.9 Å². The molecule has 1 fully saturated rings. The minimum absolute atomic E-state index is 0.142. The first kappa shape index (κ1) is 22.6. The van der Waals surface area contributed by atoms with Gasteiger partial charge >= 0.3 is 0 Å². The van der Waals surface area contributed by atoms with Crippen LogP contribution in [0.5, 0.6) is 0 Å². The lowest BCUT2D eigenvalue weighted by Crippen LogP contribution is -2.50. The van der Waals surface area contributed by atoms with Crippen LogP contribution in [0.25, 0.3) is 11.4 Å². The van der Waals surface area contributed by atoms with Crippen molar-refractivity contribution in [1.29, 1.82) is 0 Å². The fourth-order valence-electron chi connectivity index (χ4n) is 3.56. The summed E-state index contributed by atoms with van der Waals surface area (Å²) in [4.78, 5) is 30.0. The maximum atomic E-state index is 13.0. The van der Waals surface area contributed by atoms with Crippen molar-refractivity contribution in [3.05, 3.63) is 60.0 Å². The van der Waals surface area contributed by atoms with Gasteiger partial charge in [-0.1, -0.05) is 17.3 Å². The van der Waals surface area contributed by atoms with E-state index in [1.807, 2.05) is 0 Å². The third-order valence-electron chi connectivity index (χ3n) is 5.26. The molecule has 1 aliphatic rings. The number of nitrogens with zero attached hydrogens (tertiary/aromatic N) is 4. The zero-order valence-electron chi connectivity index (χ0n) is 18.2. The molecule has 0 saturated carbocycles. The van der Waals surface area contributed by atoms with Crippen LogP contribution in [0.4, 0.5) is 5.69 Å². The van der Waals surface area contributed by atoms with E-state index in [9.17, 15) is 18.0 Å². The molecule has 3 aromatic rings. The molecule has 0 spiro atoms. The van der Waals surface area contributed by atoms with Crippen LogP contribution in [0.1, 0.15) is 23.2 Å². The van der Waals surface area contributed by atoms with Gasteiger partial charge in [0.25, 0.3) is 5.91 Å². The highest BCUT2D eigenvalue weighted by atomic mass is 32.2. The van der Waals surface area contributed by atoms with Crippen molar-refractivity contribution >= 4 is 27.5 Å². The summed E-state index contributed by atoms with van der Waals surface area (Å²) >= 11 is 0. The molecule has 0 bridgehead atoms. The molecule has 0 unspecified atom stereocenters. The Morgan fingerprint density at radius 2 is 1.61 bits per heavy atom. The van der Waals surface area contributed by atoms with Crippen LogP contribution in [0.2, 0.25) is 0 Å². The van der Waals surface area contributed by atoms with E-state index >= 15 is 0 Å². The van der Waals surface area contributed by atoms with E-state index in [2.05, 4.69) is 15.5 Å². The summed E-state index contributed by atoms with van der Waals surface area (Å²) in [6.45, 7) is 4.05. The van der Waals surface area contributed by atoms with Crippen LogP contribution in [0, 0.1) is 6.92 Å². The van der Waals surface area contributed by atoms with Crippen molar-refractivity contribution in [3.63, 3.8) is 0 Å². The van der Waals surface area contributed by atoms with Gasteiger partial charge in [-0.25, -0.2) is 8.42 Å². The summed E-state index contributed by atoms with van der Waals surface area (Å²) < 4.78 is 32.3. The van der Waals surface area contributed by atoms with E-state index in [1.54, 1.807) is 48.2 Å². The van der Waals surface area contributed by atoms with E-state index < -0.39 is 10.0 Å². The summed E-state index contributed by atoms with van der Waals surface area (Å²) in [6.07, 6.45) is 0. The van der Waals surface area contributed by atoms with Gasteiger partial charge in [0.15, 0.2) is 0 Å². The number of aromatic nitrogens is 2. The lowest BCUT2D eigenvalue weighted by atomic mass is 10.1. The van der Waals surface area contributed by atoms with Crippen molar-refractivity contribution in [2.45, 2.75) is 18.7 Å². The van der Waals surface area contributed by atoms with Gasteiger partial charge in [-0.15, -0.1) is 0 Å². The molecule has 2 aromatic carbocycles. The van der Waals surface area contributed by atoms with Gasteiger partial charge in [0.2, 0.25) is 27.6 Å². The Kier molecular flexibility index (Phi) is 6.25. The molecule has 1 N–H and O–H groups in total. The number of aryl methyl sites for hydroxylation is 1. The Hall–Kier alpha value is -3.57. The summed E-state index contributed by atoms with van der Waals surface area (Å²) in [5.74, 6) is 0.519. The Morgan fingerprint density at radius 3 is 2.15 bits per heavy atom. The van der Waals surface area contributed by atoms with Crippen molar-refractivity contribution in [1.82, 2.24) is 19.3 Å². The van der Waals surface area contributed by atoms with Gasteiger partial charge in [0.05, 0.1) is 4.90 Å². The largest absolute Gasteiger partial charge is 0.339 e. The second-order valence-corrected chi connectivity index (χ2v) is 9.55. The third-order valence-corrected chi connectivity index (χ3v) is 7.17. The highest BCUT2D eigenvalue weighted by Gasteiger charge is 2.30. The number of hydrogen-bond donors (Lipinski definition) is 1. The molecule has 33 heavy (non-hydrogen) atoms. The fourth-order valence-corrected chi connectivity index (χ4v) is 4.98. The first-order valence-corrected chi connectivity index (χ1v) is 11.8. The molecule has 2 heterocycles. The Balaban J connectivity index is 1.38. The van der Waals surface area contributed by atoms with E-state index in [4.69, 9.17) is 4.52 Å². The number of anilines is 1. The number of carbonyl (C=O) groups is 2. The van der Waals surface area contributed by atoms with Gasteiger partial charge in [0.1, 0.15) is 0 Å². The maximum Gasteiger partial charge on any atom is 0.253 e. The number of carbonyl (C=O) groups excluding carboxylic acids is 2. The number of rotatable bonds is 5. The Morgan fingerprint density at radius 1 is 0.970 bits per heavy atom. The summed E-state index contributed by atoms with van der Waals surface area (Å²) in [5, 5.41) is 6.47. The molecule has 0 radical (unpaired) electrons. The molecular weight excluding hydrogens is 446 g/mol. The zero-order chi connectivity index (χ0) is 23.6. The van der Waals surface area contributed by atoms with Crippen molar-refractivity contribution in [2.75, 3.05) is 31.5 Å². The summed E-state index contributed by atoms with van der Waals surface area (Å²) in [7, 11) is -3.70. The quantitative estimate of drug-likeness (QED) is 0.607. The molecule has 1 aromatic heterocycles. The van der Waals surface area contributed by atoms with Crippen molar-refractivity contribution in [3.8, 4) is 11.4 Å². The summed E-state index contributed by atoms with van der Waals surface area (Å²) in [6, 6.07) is 12.9. The number of sulfonamides is 1. The standard InChI is InChI=1S/C22H23N5O5S/c1-15(28)23-19-7-9-20(10-8-19)33(30,31)27-13-11-26(12-14-27)22(29)18-5-3-17(4-6-18)21-24-16(2)32-25-21/h3-10H,11-14H2,1-2H3,(H,23,28). The average Bonchev–Trinajstić information content (AvgIpc) is 3.25. The predicted molar refractivity (Wildman–Crippen MR) is 120 cm³/mol. The van der Waals surface area contributed by atoms with Crippen LogP contribution in [-0.2, 0) is 14.8 Å². The molecule has 10 nitrogen and oxygen atoms in total. The highest BCUT2D eigenvalue weighted by Crippen LogP contribution is 2.21. The van der Waals surface area contributed by atoms with Gasteiger partial charge in [-0.3, -0.25) is 9.59 Å². The summed E-state index contributed by atoms with van der Waals surface area (Å²) in [5.41, 5.74) is 1.77.